The molecule has 0 saturated carbocycles. The molecule has 2 heterocycles. The van der Waals surface area contributed by atoms with Crippen molar-refractivity contribution in [2.24, 2.45) is 0 Å². The summed E-state index contributed by atoms with van der Waals surface area (Å²) in [6.45, 7) is 4.50. The van der Waals surface area contributed by atoms with Gasteiger partial charge in [0.2, 0.25) is 0 Å². The van der Waals surface area contributed by atoms with Crippen LogP contribution in [0.4, 0.5) is 5.69 Å². The maximum Gasteiger partial charge on any atom is 0.292 e. The van der Waals surface area contributed by atoms with E-state index in [1.165, 1.54) is 4.68 Å². The van der Waals surface area contributed by atoms with E-state index in [1.54, 1.807) is 29.7 Å². The standard InChI is InChI=1S/C16H15ClN4OS/c1-10-13(20-11(2)23-10)8-18-14-9-19-21(16(22)15(14)17)12-6-4-3-5-7-12/h3-7,9,18H,8H2,1-2H3. The van der Waals surface area contributed by atoms with Gasteiger partial charge in [-0.15, -0.1) is 11.3 Å². The second-order valence-corrected chi connectivity index (χ2v) is 6.80. The molecule has 0 aliphatic rings. The van der Waals surface area contributed by atoms with Crippen LogP contribution in [0.5, 0.6) is 0 Å². The first kappa shape index (κ1) is 15.7. The highest BCUT2D eigenvalue weighted by Crippen LogP contribution is 2.20. The molecule has 0 spiro atoms. The molecule has 0 saturated heterocycles. The largest absolute Gasteiger partial charge is 0.377 e. The summed E-state index contributed by atoms with van der Waals surface area (Å²) in [4.78, 5) is 18.0. The molecule has 1 aromatic carbocycles. The van der Waals surface area contributed by atoms with Crippen molar-refractivity contribution in [2.45, 2.75) is 20.4 Å². The lowest BCUT2D eigenvalue weighted by molar-refractivity contribution is 0.806. The number of aryl methyl sites for hydroxylation is 2. The number of hydrogen-bond donors (Lipinski definition) is 1. The second-order valence-electron chi connectivity index (χ2n) is 5.01. The molecule has 1 N–H and O–H groups in total. The SMILES string of the molecule is Cc1nc(CNc2cnn(-c3ccccc3)c(=O)c2Cl)c(C)s1. The van der Waals surface area contributed by atoms with Crippen LogP contribution >= 0.6 is 22.9 Å². The lowest BCUT2D eigenvalue weighted by Crippen LogP contribution is -2.22. The average molecular weight is 347 g/mol. The van der Waals surface area contributed by atoms with Gasteiger partial charge in [0.15, 0.2) is 0 Å². The molecule has 0 atom stereocenters. The monoisotopic (exact) mass is 346 g/mol. The third kappa shape index (κ3) is 3.28. The van der Waals surface area contributed by atoms with E-state index in [0.717, 1.165) is 15.6 Å². The smallest absolute Gasteiger partial charge is 0.292 e. The number of nitrogens with one attached hydrogen (secondary N) is 1. The number of aromatic nitrogens is 3. The Morgan fingerprint density at radius 2 is 2.00 bits per heavy atom. The third-order valence-electron chi connectivity index (χ3n) is 3.37. The second kappa shape index (κ2) is 6.52. The Balaban J connectivity index is 1.86. The van der Waals surface area contributed by atoms with Crippen LogP contribution in [0.25, 0.3) is 5.69 Å². The van der Waals surface area contributed by atoms with Crippen molar-refractivity contribution in [2.75, 3.05) is 5.32 Å². The van der Waals surface area contributed by atoms with Gasteiger partial charge in [-0.25, -0.2) is 4.98 Å². The van der Waals surface area contributed by atoms with Crippen molar-refractivity contribution in [3.63, 3.8) is 0 Å². The number of para-hydroxylation sites is 1. The lowest BCUT2D eigenvalue weighted by atomic mass is 10.3. The van der Waals surface area contributed by atoms with E-state index in [4.69, 9.17) is 11.6 Å². The van der Waals surface area contributed by atoms with Gasteiger partial charge in [0.1, 0.15) is 5.02 Å². The summed E-state index contributed by atoms with van der Waals surface area (Å²) < 4.78 is 1.28. The highest BCUT2D eigenvalue weighted by Gasteiger charge is 2.11. The van der Waals surface area contributed by atoms with Crippen LogP contribution in [0, 0.1) is 13.8 Å². The lowest BCUT2D eigenvalue weighted by Gasteiger charge is -2.09. The molecule has 5 nitrogen and oxygen atoms in total. The van der Waals surface area contributed by atoms with E-state index in [1.807, 2.05) is 32.0 Å². The van der Waals surface area contributed by atoms with Crippen molar-refractivity contribution >= 4 is 28.6 Å². The zero-order valence-corrected chi connectivity index (χ0v) is 14.3. The zero-order chi connectivity index (χ0) is 16.4. The van der Waals surface area contributed by atoms with E-state index in [2.05, 4.69) is 15.4 Å². The molecule has 2 aromatic heterocycles. The van der Waals surface area contributed by atoms with Gasteiger partial charge in [-0.1, -0.05) is 29.8 Å². The predicted molar refractivity (Wildman–Crippen MR) is 93.8 cm³/mol. The van der Waals surface area contributed by atoms with Gasteiger partial charge in [-0.3, -0.25) is 4.79 Å². The summed E-state index contributed by atoms with van der Waals surface area (Å²) in [6.07, 6.45) is 1.56. The number of nitrogens with zero attached hydrogens (tertiary/aromatic N) is 3. The minimum Gasteiger partial charge on any atom is -0.377 e. The first-order valence-corrected chi connectivity index (χ1v) is 8.25. The fourth-order valence-corrected chi connectivity index (χ4v) is 3.25. The summed E-state index contributed by atoms with van der Waals surface area (Å²) in [7, 11) is 0. The first-order valence-electron chi connectivity index (χ1n) is 7.06. The molecule has 0 aliphatic heterocycles. The summed E-state index contributed by atoms with van der Waals surface area (Å²) >= 11 is 7.85. The fraction of sp³-hybridized carbons (Fsp3) is 0.188. The number of thiazole rings is 1. The van der Waals surface area contributed by atoms with Gasteiger partial charge < -0.3 is 5.32 Å². The first-order chi connectivity index (χ1) is 11.1. The number of hydrogen-bond acceptors (Lipinski definition) is 5. The van der Waals surface area contributed by atoms with Gasteiger partial charge >= 0.3 is 0 Å². The van der Waals surface area contributed by atoms with Gasteiger partial charge in [0.05, 0.1) is 34.8 Å². The molecule has 0 fully saturated rings. The number of benzene rings is 1. The van der Waals surface area contributed by atoms with Crippen molar-refractivity contribution < 1.29 is 0 Å². The Labute approximate surface area is 142 Å². The maximum atomic E-state index is 12.4. The Morgan fingerprint density at radius 1 is 1.26 bits per heavy atom. The number of anilines is 1. The number of halogens is 1. The van der Waals surface area contributed by atoms with Crippen LogP contribution in [0.1, 0.15) is 15.6 Å². The van der Waals surface area contributed by atoms with E-state index in [0.29, 0.717) is 17.9 Å². The zero-order valence-electron chi connectivity index (χ0n) is 12.7. The Bertz CT molecular complexity index is 889. The van der Waals surface area contributed by atoms with Crippen LogP contribution in [0.3, 0.4) is 0 Å². The molecule has 0 unspecified atom stereocenters. The Morgan fingerprint density at radius 3 is 2.65 bits per heavy atom. The fourth-order valence-electron chi connectivity index (χ4n) is 2.22. The molecular weight excluding hydrogens is 332 g/mol. The summed E-state index contributed by atoms with van der Waals surface area (Å²) in [5, 5.41) is 8.46. The van der Waals surface area contributed by atoms with Gasteiger partial charge in [0, 0.05) is 4.88 Å². The summed E-state index contributed by atoms with van der Waals surface area (Å²) in [5.41, 5.74) is 1.79. The van der Waals surface area contributed by atoms with Crippen molar-refractivity contribution in [3.05, 3.63) is 67.5 Å². The molecule has 0 bridgehead atoms. The van der Waals surface area contributed by atoms with Gasteiger partial charge in [-0.2, -0.15) is 9.78 Å². The van der Waals surface area contributed by atoms with E-state index < -0.39 is 0 Å². The minimum absolute atomic E-state index is 0.119. The van der Waals surface area contributed by atoms with Gasteiger partial charge in [0.25, 0.3) is 5.56 Å². The number of rotatable bonds is 4. The topological polar surface area (TPSA) is 59.8 Å². The third-order valence-corrected chi connectivity index (χ3v) is 4.66. The van der Waals surface area contributed by atoms with Crippen LogP contribution in [-0.4, -0.2) is 14.8 Å². The predicted octanol–water partition coefficient (Wildman–Crippen LogP) is 3.57. The molecule has 3 aromatic rings. The minimum atomic E-state index is -0.353. The summed E-state index contributed by atoms with van der Waals surface area (Å²) in [6, 6.07) is 9.18. The summed E-state index contributed by atoms with van der Waals surface area (Å²) in [5.74, 6) is 0. The molecular formula is C16H15ClN4OS. The van der Waals surface area contributed by atoms with Crippen LogP contribution < -0.4 is 10.9 Å². The van der Waals surface area contributed by atoms with Crippen LogP contribution in [0.2, 0.25) is 5.02 Å². The maximum absolute atomic E-state index is 12.4. The van der Waals surface area contributed by atoms with E-state index >= 15 is 0 Å². The molecule has 3 rings (SSSR count). The molecule has 0 amide bonds. The highest BCUT2D eigenvalue weighted by atomic mass is 35.5. The van der Waals surface area contributed by atoms with Crippen molar-refractivity contribution in [3.8, 4) is 5.69 Å². The Kier molecular flexibility index (Phi) is 4.45. The Hall–Kier alpha value is -2.18. The van der Waals surface area contributed by atoms with Crippen molar-refractivity contribution in [1.29, 1.82) is 0 Å². The van der Waals surface area contributed by atoms with E-state index in [9.17, 15) is 4.79 Å². The van der Waals surface area contributed by atoms with Crippen molar-refractivity contribution in [1.82, 2.24) is 14.8 Å². The average Bonchev–Trinajstić information content (AvgIpc) is 2.87. The highest BCUT2D eigenvalue weighted by molar-refractivity contribution is 7.11. The van der Waals surface area contributed by atoms with E-state index in [-0.39, 0.29) is 10.6 Å². The molecule has 7 heteroatoms. The molecule has 118 valence electrons. The molecule has 0 radical (unpaired) electrons. The van der Waals surface area contributed by atoms with Crippen LogP contribution in [0.15, 0.2) is 41.3 Å². The molecule has 0 aliphatic carbocycles. The van der Waals surface area contributed by atoms with Gasteiger partial charge in [-0.05, 0) is 26.0 Å². The normalized spacial score (nSPS) is 10.7. The van der Waals surface area contributed by atoms with Crippen LogP contribution in [-0.2, 0) is 6.54 Å². The molecule has 23 heavy (non-hydrogen) atoms. The quantitative estimate of drug-likeness (QED) is 0.784.